The van der Waals surface area contributed by atoms with Gasteiger partial charge < -0.3 is 9.80 Å². The van der Waals surface area contributed by atoms with Gasteiger partial charge in [-0.1, -0.05) is 18.2 Å². The fourth-order valence-corrected chi connectivity index (χ4v) is 3.02. The monoisotopic (exact) mass is 311 g/mol. The van der Waals surface area contributed by atoms with Crippen LogP contribution >= 0.6 is 0 Å². The summed E-state index contributed by atoms with van der Waals surface area (Å²) in [7, 11) is -3.67. The Labute approximate surface area is 123 Å². The summed E-state index contributed by atoms with van der Waals surface area (Å²) < 4.78 is 26.3. The fraction of sp³-hybridized carbons (Fsp3) is 0.385. The third-order valence-electron chi connectivity index (χ3n) is 3.28. The molecule has 1 aliphatic rings. The molecule has 0 spiro atoms. The topological polar surface area (TPSA) is 86.8 Å². The van der Waals surface area contributed by atoms with Gasteiger partial charge in [-0.2, -0.15) is 0 Å². The maximum Gasteiger partial charge on any atom is 0.241 e. The number of benzene rings is 1. The summed E-state index contributed by atoms with van der Waals surface area (Å²) >= 11 is 0. The van der Waals surface area contributed by atoms with Gasteiger partial charge in [0.05, 0.1) is 11.4 Å². The quantitative estimate of drug-likeness (QED) is 0.726. The van der Waals surface area contributed by atoms with E-state index in [0.29, 0.717) is 26.2 Å². The van der Waals surface area contributed by atoms with Crippen LogP contribution in [0.2, 0.25) is 0 Å². The van der Waals surface area contributed by atoms with Crippen molar-refractivity contribution in [3.05, 3.63) is 30.3 Å². The molecule has 1 fully saturated rings. The lowest BCUT2D eigenvalue weighted by atomic mass is 10.3. The predicted octanol–water partition coefficient (Wildman–Crippen LogP) is -0.734. The van der Waals surface area contributed by atoms with Crippen LogP contribution in [-0.2, 0) is 19.6 Å². The summed E-state index contributed by atoms with van der Waals surface area (Å²) in [5.41, 5.74) is 0. The number of carbonyl (C=O) groups is 2. The number of sulfonamides is 1. The molecule has 8 heteroatoms. The van der Waals surface area contributed by atoms with Crippen LogP contribution in [0, 0.1) is 0 Å². The van der Waals surface area contributed by atoms with E-state index < -0.39 is 10.0 Å². The highest BCUT2D eigenvalue weighted by atomic mass is 32.2. The Morgan fingerprint density at radius 3 is 2.33 bits per heavy atom. The second kappa shape index (κ2) is 6.68. The fourth-order valence-electron chi connectivity index (χ4n) is 2.03. The molecule has 21 heavy (non-hydrogen) atoms. The van der Waals surface area contributed by atoms with Crippen molar-refractivity contribution < 1.29 is 18.0 Å². The molecule has 2 amide bonds. The second-order valence-corrected chi connectivity index (χ2v) is 6.43. The maximum absolute atomic E-state index is 12.0. The van der Waals surface area contributed by atoms with Crippen molar-refractivity contribution >= 4 is 22.3 Å². The van der Waals surface area contributed by atoms with Gasteiger partial charge in [0.25, 0.3) is 0 Å². The Bertz CT molecular complexity index is 595. The Hall–Kier alpha value is -1.93. The summed E-state index contributed by atoms with van der Waals surface area (Å²) in [4.78, 5) is 25.8. The van der Waals surface area contributed by atoms with E-state index in [0.717, 1.165) is 6.41 Å². The zero-order valence-electron chi connectivity index (χ0n) is 11.4. The van der Waals surface area contributed by atoms with E-state index in [-0.39, 0.29) is 17.3 Å². The molecular weight excluding hydrogens is 294 g/mol. The van der Waals surface area contributed by atoms with E-state index in [1.54, 1.807) is 28.0 Å². The SMILES string of the molecule is O=CN1CCN(C(=O)CNS(=O)(=O)c2ccccc2)CC1. The first-order valence-electron chi connectivity index (χ1n) is 6.55. The highest BCUT2D eigenvalue weighted by Crippen LogP contribution is 2.07. The summed E-state index contributed by atoms with van der Waals surface area (Å²) in [5, 5.41) is 0. The van der Waals surface area contributed by atoms with Gasteiger partial charge in [0, 0.05) is 26.2 Å². The molecule has 2 rings (SSSR count). The average molecular weight is 311 g/mol. The van der Waals surface area contributed by atoms with Gasteiger partial charge in [-0.25, -0.2) is 13.1 Å². The van der Waals surface area contributed by atoms with Gasteiger partial charge >= 0.3 is 0 Å². The van der Waals surface area contributed by atoms with Gasteiger partial charge in [-0.3, -0.25) is 9.59 Å². The predicted molar refractivity (Wildman–Crippen MR) is 75.8 cm³/mol. The van der Waals surface area contributed by atoms with Crippen molar-refractivity contribution in [3.8, 4) is 0 Å². The Balaban J connectivity index is 1.88. The van der Waals surface area contributed by atoms with Gasteiger partial charge in [0.2, 0.25) is 22.3 Å². The van der Waals surface area contributed by atoms with Crippen molar-refractivity contribution in [1.29, 1.82) is 0 Å². The van der Waals surface area contributed by atoms with Gasteiger partial charge in [0.1, 0.15) is 0 Å². The van der Waals surface area contributed by atoms with Gasteiger partial charge in [-0.15, -0.1) is 0 Å². The largest absolute Gasteiger partial charge is 0.342 e. The van der Waals surface area contributed by atoms with E-state index in [4.69, 9.17) is 0 Å². The molecule has 7 nitrogen and oxygen atoms in total. The molecule has 1 aromatic rings. The van der Waals surface area contributed by atoms with Crippen molar-refractivity contribution in [2.45, 2.75) is 4.90 Å². The minimum Gasteiger partial charge on any atom is -0.342 e. The second-order valence-electron chi connectivity index (χ2n) is 4.66. The molecule has 1 aromatic carbocycles. The minimum absolute atomic E-state index is 0.128. The van der Waals surface area contributed by atoms with Crippen LogP contribution in [0.4, 0.5) is 0 Å². The van der Waals surface area contributed by atoms with Crippen molar-refractivity contribution in [2.75, 3.05) is 32.7 Å². The molecule has 1 aliphatic heterocycles. The van der Waals surface area contributed by atoms with E-state index in [1.165, 1.54) is 12.1 Å². The highest BCUT2D eigenvalue weighted by Gasteiger charge is 2.22. The van der Waals surface area contributed by atoms with E-state index in [2.05, 4.69) is 4.72 Å². The molecule has 1 N–H and O–H groups in total. The van der Waals surface area contributed by atoms with Crippen LogP contribution in [0.25, 0.3) is 0 Å². The minimum atomic E-state index is -3.67. The van der Waals surface area contributed by atoms with Crippen molar-refractivity contribution in [3.63, 3.8) is 0 Å². The standard InChI is InChI=1S/C13H17N3O4S/c17-11-15-6-8-16(9-7-15)13(18)10-14-21(19,20)12-4-2-1-3-5-12/h1-5,11,14H,6-10H2. The number of hydrogen-bond donors (Lipinski definition) is 1. The van der Waals surface area contributed by atoms with E-state index in [9.17, 15) is 18.0 Å². The van der Waals surface area contributed by atoms with Crippen LogP contribution in [0.1, 0.15) is 0 Å². The van der Waals surface area contributed by atoms with Crippen LogP contribution in [0.5, 0.6) is 0 Å². The van der Waals surface area contributed by atoms with Gasteiger partial charge in [-0.05, 0) is 12.1 Å². The number of carbonyl (C=O) groups excluding carboxylic acids is 2. The lowest BCUT2D eigenvalue weighted by molar-refractivity contribution is -0.134. The third-order valence-corrected chi connectivity index (χ3v) is 4.70. The number of hydrogen-bond acceptors (Lipinski definition) is 4. The maximum atomic E-state index is 12.0. The van der Waals surface area contributed by atoms with Crippen molar-refractivity contribution in [1.82, 2.24) is 14.5 Å². The zero-order valence-corrected chi connectivity index (χ0v) is 12.3. The average Bonchev–Trinajstić information content (AvgIpc) is 2.53. The molecule has 0 atom stereocenters. The smallest absolute Gasteiger partial charge is 0.241 e. The van der Waals surface area contributed by atoms with E-state index >= 15 is 0 Å². The molecule has 114 valence electrons. The van der Waals surface area contributed by atoms with Gasteiger partial charge in [0.15, 0.2) is 0 Å². The van der Waals surface area contributed by atoms with Crippen LogP contribution in [0.15, 0.2) is 35.2 Å². The molecule has 0 unspecified atom stereocenters. The Kier molecular flexibility index (Phi) is 4.92. The first-order valence-corrected chi connectivity index (χ1v) is 8.03. The summed E-state index contributed by atoms with van der Waals surface area (Å²) in [6.07, 6.45) is 0.750. The Morgan fingerprint density at radius 2 is 1.76 bits per heavy atom. The first-order chi connectivity index (χ1) is 10.0. The Morgan fingerprint density at radius 1 is 1.14 bits per heavy atom. The van der Waals surface area contributed by atoms with Crippen molar-refractivity contribution in [2.24, 2.45) is 0 Å². The molecule has 1 heterocycles. The summed E-state index contributed by atoms with van der Waals surface area (Å²) in [5.74, 6) is -0.292. The molecule has 0 radical (unpaired) electrons. The number of rotatable bonds is 5. The van der Waals surface area contributed by atoms with Crippen LogP contribution < -0.4 is 4.72 Å². The third kappa shape index (κ3) is 4.02. The van der Waals surface area contributed by atoms with Crippen LogP contribution in [0.3, 0.4) is 0 Å². The van der Waals surface area contributed by atoms with Crippen LogP contribution in [-0.4, -0.2) is 63.3 Å². The number of amides is 2. The molecule has 0 saturated carbocycles. The highest BCUT2D eigenvalue weighted by molar-refractivity contribution is 7.89. The zero-order chi connectivity index (χ0) is 15.3. The molecular formula is C13H17N3O4S. The molecule has 0 aliphatic carbocycles. The number of nitrogens with zero attached hydrogens (tertiary/aromatic N) is 2. The number of piperazine rings is 1. The molecule has 0 aromatic heterocycles. The lowest BCUT2D eigenvalue weighted by Gasteiger charge is -2.32. The van der Waals surface area contributed by atoms with E-state index in [1.807, 2.05) is 0 Å². The first kappa shape index (κ1) is 15.5. The summed E-state index contributed by atoms with van der Waals surface area (Å²) in [6.45, 7) is 1.51. The molecule has 0 bridgehead atoms. The number of nitrogens with one attached hydrogen (secondary N) is 1. The lowest BCUT2D eigenvalue weighted by Crippen LogP contribution is -2.50. The molecule has 1 saturated heterocycles. The normalized spacial score (nSPS) is 15.8. The summed E-state index contributed by atoms with van der Waals surface area (Å²) in [6, 6.07) is 7.89.